The van der Waals surface area contributed by atoms with Crippen LogP contribution in [0.5, 0.6) is 0 Å². The Morgan fingerprint density at radius 2 is 1.97 bits per heavy atom. The molecule has 11 heteroatoms. The number of aryl methyl sites for hydroxylation is 1. The third kappa shape index (κ3) is 4.42. The highest BCUT2D eigenvalue weighted by molar-refractivity contribution is 7.89. The number of amides is 2. The average Bonchev–Trinajstić information content (AvgIpc) is 3.23. The number of hydrogen-bond acceptors (Lipinski definition) is 6. The van der Waals surface area contributed by atoms with Crippen LogP contribution in [0.4, 0.5) is 4.39 Å². The average molecular weight is 450 g/mol. The minimum absolute atomic E-state index is 0.151. The van der Waals surface area contributed by atoms with Crippen molar-refractivity contribution in [2.45, 2.75) is 24.2 Å². The van der Waals surface area contributed by atoms with E-state index in [1.54, 1.807) is 6.92 Å². The topological polar surface area (TPSA) is 113 Å². The van der Waals surface area contributed by atoms with Crippen molar-refractivity contribution in [3.8, 4) is 0 Å². The molecule has 1 N–H and O–H groups in total. The Bertz CT molecular complexity index is 1140. The van der Waals surface area contributed by atoms with Gasteiger partial charge in [0.25, 0.3) is 11.8 Å². The largest absolute Gasteiger partial charge is 0.355 e. The minimum atomic E-state index is -3.80. The maximum absolute atomic E-state index is 14.4. The van der Waals surface area contributed by atoms with Gasteiger partial charge in [0.05, 0.1) is 21.7 Å². The fourth-order valence-corrected chi connectivity index (χ4v) is 4.33. The summed E-state index contributed by atoms with van der Waals surface area (Å²) in [6.07, 6.45) is 2.03. The molecule has 1 saturated heterocycles. The van der Waals surface area contributed by atoms with Crippen LogP contribution in [0.2, 0.25) is 0 Å². The highest BCUT2D eigenvalue weighted by atomic mass is 32.2. The van der Waals surface area contributed by atoms with Gasteiger partial charge in [-0.2, -0.15) is 0 Å². The molecule has 166 valence electrons. The normalized spacial score (nSPS) is 16.6. The molecule has 0 bridgehead atoms. The Kier molecular flexibility index (Phi) is 6.37. The van der Waals surface area contributed by atoms with Gasteiger partial charge < -0.3 is 10.2 Å². The lowest BCUT2D eigenvalue weighted by atomic mass is 10.1. The number of benzene rings is 1. The molecule has 1 aliphatic heterocycles. The predicted octanol–water partition coefficient (Wildman–Crippen LogP) is 1.16. The van der Waals surface area contributed by atoms with E-state index in [1.807, 2.05) is 0 Å². The van der Waals surface area contributed by atoms with Gasteiger partial charge in [0, 0.05) is 46.3 Å². The van der Waals surface area contributed by atoms with Gasteiger partial charge >= 0.3 is 0 Å². The number of carbonyl (C=O) groups excluding carboxylic acids is 2. The summed E-state index contributed by atoms with van der Waals surface area (Å²) >= 11 is 0. The lowest BCUT2D eigenvalue weighted by Crippen LogP contribution is -2.30. The van der Waals surface area contributed by atoms with Gasteiger partial charge in [-0.25, -0.2) is 27.1 Å². The van der Waals surface area contributed by atoms with Crippen molar-refractivity contribution in [1.82, 2.24) is 24.5 Å². The first-order valence-corrected chi connectivity index (χ1v) is 11.1. The molecule has 0 spiro atoms. The van der Waals surface area contributed by atoms with E-state index in [1.165, 1.54) is 32.2 Å². The SMILES string of the molecule is CNC(=O)c1cnc([C@@H]2CCN(C(=O)c3cc(S(=O)(=O)N(C)C)ccc3F)C2)nc1C. The summed E-state index contributed by atoms with van der Waals surface area (Å²) < 4.78 is 40.1. The molecule has 0 unspecified atom stereocenters. The van der Waals surface area contributed by atoms with Crippen LogP contribution < -0.4 is 5.32 Å². The standard InChI is InChI=1S/C20H24FN5O4S/c1-12-16(19(27)22-2)10-23-18(24-12)13-7-8-26(11-13)20(28)15-9-14(5-6-17(15)21)31(29,30)25(3)4/h5-6,9-10,13H,7-8,11H2,1-4H3,(H,22,27)/t13-/m1/s1. The summed E-state index contributed by atoms with van der Waals surface area (Å²) in [4.78, 5) is 34.7. The van der Waals surface area contributed by atoms with Gasteiger partial charge in [-0.1, -0.05) is 0 Å². The van der Waals surface area contributed by atoms with Crippen LogP contribution in [0.15, 0.2) is 29.3 Å². The van der Waals surface area contributed by atoms with Crippen molar-refractivity contribution in [2.24, 2.45) is 0 Å². The number of hydrogen-bond donors (Lipinski definition) is 1. The quantitative estimate of drug-likeness (QED) is 0.733. The summed E-state index contributed by atoms with van der Waals surface area (Å²) in [5, 5.41) is 2.53. The highest BCUT2D eigenvalue weighted by Gasteiger charge is 2.32. The van der Waals surface area contributed by atoms with Crippen LogP contribution in [0.25, 0.3) is 0 Å². The smallest absolute Gasteiger partial charge is 0.256 e. The number of sulfonamides is 1. The summed E-state index contributed by atoms with van der Waals surface area (Å²) in [6.45, 7) is 2.33. The zero-order chi connectivity index (χ0) is 22.9. The Hall–Kier alpha value is -2.92. The Morgan fingerprint density at radius 1 is 1.26 bits per heavy atom. The van der Waals surface area contributed by atoms with Crippen molar-refractivity contribution in [3.63, 3.8) is 0 Å². The number of likely N-dealkylation sites (tertiary alicyclic amines) is 1. The second-order valence-corrected chi connectivity index (χ2v) is 9.62. The van der Waals surface area contributed by atoms with Crippen LogP contribution in [-0.4, -0.2) is 73.6 Å². The first kappa shape index (κ1) is 22.8. The first-order valence-electron chi connectivity index (χ1n) is 9.63. The number of halogens is 1. The molecule has 2 heterocycles. The van der Waals surface area contributed by atoms with E-state index in [2.05, 4.69) is 15.3 Å². The first-order chi connectivity index (χ1) is 14.6. The fourth-order valence-electron chi connectivity index (χ4n) is 3.40. The molecule has 0 radical (unpaired) electrons. The van der Waals surface area contributed by atoms with Gasteiger partial charge in [0.2, 0.25) is 10.0 Å². The summed E-state index contributed by atoms with van der Waals surface area (Å²) in [7, 11) is 0.448. The van der Waals surface area contributed by atoms with E-state index in [9.17, 15) is 22.4 Å². The van der Waals surface area contributed by atoms with E-state index >= 15 is 0 Å². The van der Waals surface area contributed by atoms with E-state index in [4.69, 9.17) is 0 Å². The zero-order valence-corrected chi connectivity index (χ0v) is 18.5. The van der Waals surface area contributed by atoms with E-state index in [0.29, 0.717) is 30.0 Å². The maximum Gasteiger partial charge on any atom is 0.256 e. The highest BCUT2D eigenvalue weighted by Crippen LogP contribution is 2.28. The molecule has 0 aliphatic carbocycles. The van der Waals surface area contributed by atoms with Crippen LogP contribution in [0.1, 0.15) is 44.6 Å². The van der Waals surface area contributed by atoms with Gasteiger partial charge in [0.1, 0.15) is 11.6 Å². The Labute approximate surface area is 180 Å². The van der Waals surface area contributed by atoms with Gasteiger partial charge in [-0.05, 0) is 31.5 Å². The molecule has 31 heavy (non-hydrogen) atoms. The molecule has 1 fully saturated rings. The van der Waals surface area contributed by atoms with Crippen molar-refractivity contribution in [3.05, 3.63) is 52.9 Å². The maximum atomic E-state index is 14.4. The molecule has 0 saturated carbocycles. The molecule has 3 rings (SSSR count). The van der Waals surface area contributed by atoms with E-state index < -0.39 is 21.7 Å². The molecule has 1 atom stereocenters. The van der Waals surface area contributed by atoms with Crippen molar-refractivity contribution in [1.29, 1.82) is 0 Å². The van der Waals surface area contributed by atoms with Gasteiger partial charge in [0.15, 0.2) is 0 Å². The lowest BCUT2D eigenvalue weighted by molar-refractivity contribution is 0.0785. The molecule has 9 nitrogen and oxygen atoms in total. The number of aromatic nitrogens is 2. The second-order valence-electron chi connectivity index (χ2n) is 7.47. The molecular formula is C20H24FN5O4S. The van der Waals surface area contributed by atoms with E-state index in [0.717, 1.165) is 22.5 Å². The van der Waals surface area contributed by atoms with Gasteiger partial charge in [-0.15, -0.1) is 0 Å². The van der Waals surface area contributed by atoms with Crippen LogP contribution in [0, 0.1) is 12.7 Å². The van der Waals surface area contributed by atoms with Crippen molar-refractivity contribution < 1.29 is 22.4 Å². The van der Waals surface area contributed by atoms with Gasteiger partial charge in [-0.3, -0.25) is 9.59 Å². The monoisotopic (exact) mass is 449 g/mol. The lowest BCUT2D eigenvalue weighted by Gasteiger charge is -2.18. The number of rotatable bonds is 5. The molecule has 1 aliphatic rings. The number of nitrogens with zero attached hydrogens (tertiary/aromatic N) is 4. The Balaban J connectivity index is 1.81. The third-order valence-electron chi connectivity index (χ3n) is 5.26. The van der Waals surface area contributed by atoms with Crippen LogP contribution >= 0.6 is 0 Å². The Morgan fingerprint density at radius 3 is 2.58 bits per heavy atom. The summed E-state index contributed by atoms with van der Waals surface area (Å²) in [5.74, 6) is -1.32. The van der Waals surface area contributed by atoms with Crippen molar-refractivity contribution >= 4 is 21.8 Å². The van der Waals surface area contributed by atoms with Crippen LogP contribution in [0.3, 0.4) is 0 Å². The van der Waals surface area contributed by atoms with E-state index in [-0.39, 0.29) is 28.8 Å². The molecular weight excluding hydrogens is 425 g/mol. The number of nitrogens with one attached hydrogen (secondary N) is 1. The van der Waals surface area contributed by atoms with Crippen LogP contribution in [-0.2, 0) is 10.0 Å². The summed E-state index contributed by atoms with van der Waals surface area (Å²) in [5.41, 5.74) is 0.607. The number of carbonyl (C=O) groups is 2. The third-order valence-corrected chi connectivity index (χ3v) is 7.07. The fraction of sp³-hybridized carbons (Fsp3) is 0.400. The predicted molar refractivity (Wildman–Crippen MR) is 111 cm³/mol. The minimum Gasteiger partial charge on any atom is -0.355 e. The molecule has 2 aromatic rings. The molecule has 2 amide bonds. The van der Waals surface area contributed by atoms with Crippen molar-refractivity contribution in [2.75, 3.05) is 34.2 Å². The molecule has 1 aromatic carbocycles. The molecule has 1 aromatic heterocycles. The zero-order valence-electron chi connectivity index (χ0n) is 17.7. The summed E-state index contributed by atoms with van der Waals surface area (Å²) in [6, 6.07) is 3.19. The second kappa shape index (κ2) is 8.67.